The van der Waals surface area contributed by atoms with E-state index in [1.807, 2.05) is 0 Å². The Morgan fingerprint density at radius 3 is 2.75 bits per heavy atom. The number of carbonyl (C=O) groups is 1. The number of halogens is 1. The zero-order chi connectivity index (χ0) is 12.1. The maximum atomic E-state index is 10.7. The van der Waals surface area contributed by atoms with E-state index in [9.17, 15) is 14.9 Å². The van der Waals surface area contributed by atoms with Crippen molar-refractivity contribution in [1.29, 1.82) is 0 Å². The number of alkyl halides is 1. The fourth-order valence-corrected chi connectivity index (χ4v) is 1.41. The number of benzene rings is 1. The average molecular weight is 245 g/mol. The molecule has 0 aliphatic rings. The van der Waals surface area contributed by atoms with Crippen LogP contribution in [0.15, 0.2) is 24.3 Å². The number of nitro groups is 1. The number of amides is 1. The van der Waals surface area contributed by atoms with Gasteiger partial charge in [0.05, 0.1) is 15.9 Å². The molecular formula is C9H9ClN2O4. The van der Waals surface area contributed by atoms with E-state index in [1.165, 1.54) is 18.2 Å². The lowest BCUT2D eigenvalue weighted by atomic mass is 10.1. The van der Waals surface area contributed by atoms with Crippen LogP contribution in [-0.2, 0) is 4.74 Å². The monoisotopic (exact) mass is 244 g/mol. The van der Waals surface area contributed by atoms with Crippen LogP contribution in [0.2, 0.25) is 0 Å². The molecule has 0 heterocycles. The molecule has 0 aromatic heterocycles. The number of carbonyl (C=O) groups excluding carboxylic acids is 1. The molecule has 1 amide bonds. The maximum Gasteiger partial charge on any atom is 0.404 e. The standard InChI is InChI=1S/C9H9ClN2O4/c10-7(5-16-9(11)13)6-3-1-2-4-8(6)12(14)15/h1-4,7H,5H2,(H2,11,13). The summed E-state index contributed by atoms with van der Waals surface area (Å²) in [7, 11) is 0. The van der Waals surface area contributed by atoms with Gasteiger partial charge in [-0.05, 0) is 0 Å². The van der Waals surface area contributed by atoms with Crippen LogP contribution < -0.4 is 5.73 Å². The lowest BCUT2D eigenvalue weighted by molar-refractivity contribution is -0.385. The maximum absolute atomic E-state index is 10.7. The molecule has 86 valence electrons. The van der Waals surface area contributed by atoms with Crippen LogP contribution in [-0.4, -0.2) is 17.6 Å². The predicted molar refractivity (Wildman–Crippen MR) is 57.2 cm³/mol. The minimum atomic E-state index is -0.968. The smallest absolute Gasteiger partial charge is 0.404 e. The molecule has 1 aromatic carbocycles. The minimum Gasteiger partial charge on any atom is -0.448 e. The van der Waals surface area contributed by atoms with E-state index in [0.717, 1.165) is 0 Å². The number of nitrogens with two attached hydrogens (primary N) is 1. The van der Waals surface area contributed by atoms with Gasteiger partial charge < -0.3 is 10.5 Å². The summed E-state index contributed by atoms with van der Waals surface area (Å²) in [6, 6.07) is 5.97. The molecule has 0 spiro atoms. The predicted octanol–water partition coefficient (Wildman–Crippen LogP) is 1.97. The second-order valence-corrected chi connectivity index (χ2v) is 3.44. The number of primary amides is 1. The zero-order valence-corrected chi connectivity index (χ0v) is 8.89. The Bertz CT molecular complexity index is 410. The highest BCUT2D eigenvalue weighted by Crippen LogP contribution is 2.29. The van der Waals surface area contributed by atoms with Gasteiger partial charge >= 0.3 is 6.09 Å². The first-order chi connectivity index (χ1) is 7.52. The van der Waals surface area contributed by atoms with Crippen molar-refractivity contribution < 1.29 is 14.5 Å². The van der Waals surface area contributed by atoms with Crippen LogP contribution in [0.5, 0.6) is 0 Å². The van der Waals surface area contributed by atoms with Gasteiger partial charge in [-0.25, -0.2) is 4.79 Å². The first-order valence-electron chi connectivity index (χ1n) is 4.32. The Balaban J connectivity index is 2.85. The third-order valence-electron chi connectivity index (χ3n) is 1.84. The van der Waals surface area contributed by atoms with Gasteiger partial charge in [-0.3, -0.25) is 10.1 Å². The highest BCUT2D eigenvalue weighted by Gasteiger charge is 2.20. The number of ether oxygens (including phenoxy) is 1. The summed E-state index contributed by atoms with van der Waals surface area (Å²) in [5, 5.41) is 9.88. The van der Waals surface area contributed by atoms with Crippen LogP contribution in [0.25, 0.3) is 0 Å². The quantitative estimate of drug-likeness (QED) is 0.497. The Hall–Kier alpha value is -1.82. The first kappa shape index (κ1) is 12.3. The molecule has 1 rings (SSSR count). The minimum absolute atomic E-state index is 0.115. The van der Waals surface area contributed by atoms with Gasteiger partial charge in [0.25, 0.3) is 5.69 Å². The summed E-state index contributed by atoms with van der Waals surface area (Å²) >= 11 is 5.86. The zero-order valence-electron chi connectivity index (χ0n) is 8.13. The van der Waals surface area contributed by atoms with Crippen LogP contribution in [0.4, 0.5) is 10.5 Å². The summed E-state index contributed by atoms with van der Waals surface area (Å²) in [5.74, 6) is 0. The molecule has 0 radical (unpaired) electrons. The number of nitro benzene ring substituents is 1. The van der Waals surface area contributed by atoms with Crippen molar-refractivity contribution in [3.05, 3.63) is 39.9 Å². The fourth-order valence-electron chi connectivity index (χ4n) is 1.16. The van der Waals surface area contributed by atoms with E-state index in [2.05, 4.69) is 4.74 Å². The van der Waals surface area contributed by atoms with Gasteiger partial charge in [0.2, 0.25) is 0 Å². The second kappa shape index (κ2) is 5.32. The number of hydrogen-bond donors (Lipinski definition) is 1. The fraction of sp³-hybridized carbons (Fsp3) is 0.222. The van der Waals surface area contributed by atoms with E-state index in [0.29, 0.717) is 0 Å². The van der Waals surface area contributed by atoms with Crippen LogP contribution >= 0.6 is 11.6 Å². The highest BCUT2D eigenvalue weighted by atomic mass is 35.5. The van der Waals surface area contributed by atoms with Crippen molar-refractivity contribution in [1.82, 2.24) is 0 Å². The summed E-state index contributed by atoms with van der Waals surface area (Å²) in [6.45, 7) is -0.207. The molecule has 7 heteroatoms. The largest absolute Gasteiger partial charge is 0.448 e. The van der Waals surface area contributed by atoms with Gasteiger partial charge in [-0.1, -0.05) is 18.2 Å². The molecule has 0 fully saturated rings. The third kappa shape index (κ3) is 3.09. The number of nitrogens with zero attached hydrogens (tertiary/aromatic N) is 1. The van der Waals surface area contributed by atoms with Gasteiger partial charge in [0.1, 0.15) is 6.61 Å². The highest BCUT2D eigenvalue weighted by molar-refractivity contribution is 6.21. The van der Waals surface area contributed by atoms with Crippen LogP contribution in [0.1, 0.15) is 10.9 Å². The Morgan fingerprint density at radius 1 is 1.56 bits per heavy atom. The summed E-state index contributed by atoms with van der Waals surface area (Å²) in [5.41, 5.74) is 4.94. The Labute approximate surface area is 96.1 Å². The van der Waals surface area contributed by atoms with E-state index >= 15 is 0 Å². The molecule has 0 saturated carbocycles. The van der Waals surface area contributed by atoms with E-state index in [4.69, 9.17) is 17.3 Å². The normalized spacial score (nSPS) is 11.8. The molecule has 0 aliphatic heterocycles. The van der Waals surface area contributed by atoms with E-state index in [-0.39, 0.29) is 17.9 Å². The van der Waals surface area contributed by atoms with Crippen LogP contribution in [0.3, 0.4) is 0 Å². The molecule has 1 aromatic rings. The van der Waals surface area contributed by atoms with Crippen molar-refractivity contribution in [2.75, 3.05) is 6.61 Å². The molecule has 6 nitrogen and oxygen atoms in total. The lowest BCUT2D eigenvalue weighted by Crippen LogP contribution is -2.16. The molecule has 2 N–H and O–H groups in total. The molecule has 1 atom stereocenters. The summed E-state index contributed by atoms with van der Waals surface area (Å²) in [4.78, 5) is 20.5. The SMILES string of the molecule is NC(=O)OCC(Cl)c1ccccc1[N+](=O)[O-]. The Kier molecular flexibility index (Phi) is 4.07. The third-order valence-corrected chi connectivity index (χ3v) is 2.20. The van der Waals surface area contributed by atoms with Gasteiger partial charge in [0.15, 0.2) is 0 Å². The molecular weight excluding hydrogens is 236 g/mol. The number of rotatable bonds is 4. The number of para-hydroxylation sites is 1. The van der Waals surface area contributed by atoms with E-state index in [1.54, 1.807) is 6.07 Å². The van der Waals surface area contributed by atoms with Gasteiger partial charge in [-0.15, -0.1) is 11.6 Å². The second-order valence-electron chi connectivity index (χ2n) is 2.91. The summed E-state index contributed by atoms with van der Waals surface area (Å²) in [6.07, 6.45) is -0.968. The Morgan fingerprint density at radius 2 is 2.19 bits per heavy atom. The lowest BCUT2D eigenvalue weighted by Gasteiger charge is -2.09. The van der Waals surface area contributed by atoms with Gasteiger partial charge in [-0.2, -0.15) is 0 Å². The molecule has 1 unspecified atom stereocenters. The van der Waals surface area contributed by atoms with Crippen molar-refractivity contribution >= 4 is 23.4 Å². The summed E-state index contributed by atoms with van der Waals surface area (Å²) < 4.78 is 4.48. The molecule has 0 saturated heterocycles. The van der Waals surface area contributed by atoms with E-state index < -0.39 is 16.4 Å². The molecule has 0 bridgehead atoms. The topological polar surface area (TPSA) is 95.5 Å². The number of hydrogen-bond acceptors (Lipinski definition) is 4. The molecule has 0 aliphatic carbocycles. The first-order valence-corrected chi connectivity index (χ1v) is 4.75. The van der Waals surface area contributed by atoms with Crippen molar-refractivity contribution in [3.63, 3.8) is 0 Å². The average Bonchev–Trinajstić information content (AvgIpc) is 2.25. The van der Waals surface area contributed by atoms with Crippen LogP contribution in [0, 0.1) is 10.1 Å². The van der Waals surface area contributed by atoms with Crippen molar-refractivity contribution in [2.24, 2.45) is 5.73 Å². The van der Waals surface area contributed by atoms with Crippen molar-refractivity contribution in [3.8, 4) is 0 Å². The van der Waals surface area contributed by atoms with Gasteiger partial charge in [0, 0.05) is 6.07 Å². The molecule has 16 heavy (non-hydrogen) atoms. The van der Waals surface area contributed by atoms with Crippen molar-refractivity contribution in [2.45, 2.75) is 5.38 Å².